The molecule has 0 radical (unpaired) electrons. The molecule has 1 aromatic carbocycles. The van der Waals surface area contributed by atoms with Gasteiger partial charge in [0.1, 0.15) is 5.75 Å². The second-order valence-electron chi connectivity index (χ2n) is 4.07. The molecule has 0 aliphatic rings. The topological polar surface area (TPSA) is 21.3 Å². The summed E-state index contributed by atoms with van der Waals surface area (Å²) in [6, 6.07) is 6.41. The van der Waals surface area contributed by atoms with Crippen LogP contribution in [-0.2, 0) is 6.54 Å². The molecule has 0 fully saturated rings. The SMILES string of the molecule is Cc1ccsc1CNc1ccc(OC(F)(F)F)c(Br)c1. The second-order valence-corrected chi connectivity index (χ2v) is 5.93. The van der Waals surface area contributed by atoms with Crippen molar-refractivity contribution in [3.05, 3.63) is 44.6 Å². The Balaban J connectivity index is 2.04. The number of ether oxygens (including phenoxy) is 1. The smallest absolute Gasteiger partial charge is 0.405 e. The van der Waals surface area contributed by atoms with Crippen LogP contribution in [0.4, 0.5) is 18.9 Å². The van der Waals surface area contributed by atoms with Crippen molar-refractivity contribution in [3.8, 4) is 5.75 Å². The van der Waals surface area contributed by atoms with Gasteiger partial charge in [0.05, 0.1) is 4.47 Å². The maximum absolute atomic E-state index is 12.1. The molecular formula is C13H11BrF3NOS. The number of hydrogen-bond acceptors (Lipinski definition) is 3. The molecule has 0 unspecified atom stereocenters. The van der Waals surface area contributed by atoms with Gasteiger partial charge >= 0.3 is 6.36 Å². The van der Waals surface area contributed by atoms with Crippen molar-refractivity contribution in [2.24, 2.45) is 0 Å². The Bertz CT molecular complexity index is 598. The first kappa shape index (κ1) is 15.2. The Labute approximate surface area is 126 Å². The normalized spacial score (nSPS) is 11.4. The summed E-state index contributed by atoms with van der Waals surface area (Å²) in [6.07, 6.45) is -4.69. The molecule has 0 saturated heterocycles. The fourth-order valence-corrected chi connectivity index (χ4v) is 2.89. The van der Waals surface area contributed by atoms with Crippen LogP contribution >= 0.6 is 27.3 Å². The van der Waals surface area contributed by atoms with E-state index in [1.165, 1.54) is 16.5 Å². The Kier molecular flexibility index (Phi) is 4.59. The van der Waals surface area contributed by atoms with E-state index in [1.807, 2.05) is 18.4 Å². The summed E-state index contributed by atoms with van der Waals surface area (Å²) in [5, 5.41) is 5.16. The van der Waals surface area contributed by atoms with Gasteiger partial charge in [-0.1, -0.05) is 0 Å². The van der Waals surface area contributed by atoms with Gasteiger partial charge < -0.3 is 10.1 Å². The fraction of sp³-hybridized carbons (Fsp3) is 0.231. The molecule has 0 atom stereocenters. The Morgan fingerprint density at radius 2 is 2.05 bits per heavy atom. The molecular weight excluding hydrogens is 355 g/mol. The number of halogens is 4. The molecule has 2 rings (SSSR count). The average Bonchev–Trinajstić information content (AvgIpc) is 2.74. The summed E-state index contributed by atoms with van der Waals surface area (Å²) in [7, 11) is 0. The Morgan fingerprint density at radius 1 is 1.30 bits per heavy atom. The quantitative estimate of drug-likeness (QED) is 0.790. The van der Waals surface area contributed by atoms with Gasteiger partial charge in [0.25, 0.3) is 0 Å². The third-order valence-corrected chi connectivity index (χ3v) is 4.22. The summed E-state index contributed by atoms with van der Waals surface area (Å²) in [4.78, 5) is 1.19. The zero-order valence-corrected chi connectivity index (χ0v) is 12.8. The van der Waals surface area contributed by atoms with Gasteiger partial charge in [0, 0.05) is 17.1 Å². The standard InChI is InChI=1S/C13H11BrF3NOS/c1-8-4-5-20-12(8)7-18-9-2-3-11(10(14)6-9)19-13(15,16)17/h2-6,18H,7H2,1H3. The molecule has 7 heteroatoms. The van der Waals surface area contributed by atoms with E-state index >= 15 is 0 Å². The highest BCUT2D eigenvalue weighted by Gasteiger charge is 2.31. The predicted octanol–water partition coefficient (Wildman–Crippen LogP) is 5.33. The minimum atomic E-state index is -4.69. The van der Waals surface area contributed by atoms with Crippen LogP contribution in [-0.4, -0.2) is 6.36 Å². The van der Waals surface area contributed by atoms with Crippen molar-refractivity contribution in [1.29, 1.82) is 0 Å². The zero-order valence-electron chi connectivity index (χ0n) is 10.4. The molecule has 2 aromatic rings. The molecule has 0 spiro atoms. The van der Waals surface area contributed by atoms with E-state index in [-0.39, 0.29) is 10.2 Å². The van der Waals surface area contributed by atoms with Crippen LogP contribution in [0.25, 0.3) is 0 Å². The third-order valence-electron chi connectivity index (χ3n) is 2.58. The number of benzene rings is 1. The number of rotatable bonds is 4. The zero-order chi connectivity index (χ0) is 14.8. The van der Waals surface area contributed by atoms with Gasteiger partial charge in [0.15, 0.2) is 0 Å². The van der Waals surface area contributed by atoms with Crippen LogP contribution in [0.2, 0.25) is 0 Å². The van der Waals surface area contributed by atoms with Crippen LogP contribution in [0, 0.1) is 6.92 Å². The van der Waals surface area contributed by atoms with Crippen molar-refractivity contribution in [2.75, 3.05) is 5.32 Å². The number of thiophene rings is 1. The maximum Gasteiger partial charge on any atom is 0.573 e. The van der Waals surface area contributed by atoms with Crippen LogP contribution in [0.5, 0.6) is 5.75 Å². The minimum Gasteiger partial charge on any atom is -0.405 e. The fourth-order valence-electron chi connectivity index (χ4n) is 1.59. The summed E-state index contributed by atoms with van der Waals surface area (Å²) in [6.45, 7) is 2.65. The lowest BCUT2D eigenvalue weighted by atomic mass is 10.2. The predicted molar refractivity (Wildman–Crippen MR) is 77.2 cm³/mol. The first-order valence-electron chi connectivity index (χ1n) is 5.67. The van der Waals surface area contributed by atoms with Gasteiger partial charge in [0.2, 0.25) is 0 Å². The molecule has 0 bridgehead atoms. The second kappa shape index (κ2) is 6.05. The number of anilines is 1. The molecule has 1 aromatic heterocycles. The molecule has 0 amide bonds. The molecule has 0 aliphatic carbocycles. The lowest BCUT2D eigenvalue weighted by Crippen LogP contribution is -2.17. The highest BCUT2D eigenvalue weighted by atomic mass is 79.9. The minimum absolute atomic E-state index is 0.253. The first-order valence-corrected chi connectivity index (χ1v) is 7.34. The summed E-state index contributed by atoms with van der Waals surface area (Å²) < 4.78 is 40.6. The maximum atomic E-state index is 12.1. The average molecular weight is 366 g/mol. The van der Waals surface area contributed by atoms with E-state index in [0.29, 0.717) is 6.54 Å². The van der Waals surface area contributed by atoms with E-state index in [0.717, 1.165) is 5.69 Å². The van der Waals surface area contributed by atoms with Crippen LogP contribution < -0.4 is 10.1 Å². The van der Waals surface area contributed by atoms with Crippen molar-refractivity contribution in [1.82, 2.24) is 0 Å². The largest absolute Gasteiger partial charge is 0.573 e. The van der Waals surface area contributed by atoms with E-state index in [1.54, 1.807) is 23.5 Å². The lowest BCUT2D eigenvalue weighted by Gasteiger charge is -2.12. The number of hydrogen-bond donors (Lipinski definition) is 1. The van der Waals surface area contributed by atoms with Crippen molar-refractivity contribution < 1.29 is 17.9 Å². The lowest BCUT2D eigenvalue weighted by molar-refractivity contribution is -0.274. The molecule has 0 aliphatic heterocycles. The first-order chi connectivity index (χ1) is 9.35. The van der Waals surface area contributed by atoms with E-state index in [9.17, 15) is 13.2 Å². The highest BCUT2D eigenvalue weighted by Crippen LogP contribution is 2.32. The van der Waals surface area contributed by atoms with E-state index in [4.69, 9.17) is 0 Å². The number of aryl methyl sites for hydroxylation is 1. The molecule has 1 N–H and O–H groups in total. The van der Waals surface area contributed by atoms with Gasteiger partial charge in [-0.3, -0.25) is 0 Å². The highest BCUT2D eigenvalue weighted by molar-refractivity contribution is 9.10. The van der Waals surface area contributed by atoms with Crippen molar-refractivity contribution in [3.63, 3.8) is 0 Å². The number of nitrogens with one attached hydrogen (secondary N) is 1. The molecule has 108 valence electrons. The van der Waals surface area contributed by atoms with E-state index in [2.05, 4.69) is 26.0 Å². The van der Waals surface area contributed by atoms with Crippen LogP contribution in [0.3, 0.4) is 0 Å². The monoisotopic (exact) mass is 365 g/mol. The summed E-state index contributed by atoms with van der Waals surface area (Å²) in [5.74, 6) is -0.254. The van der Waals surface area contributed by atoms with Crippen LogP contribution in [0.15, 0.2) is 34.1 Å². The number of alkyl halides is 3. The molecule has 1 heterocycles. The molecule has 2 nitrogen and oxygen atoms in total. The Morgan fingerprint density at radius 3 is 2.60 bits per heavy atom. The molecule has 0 saturated carbocycles. The van der Waals surface area contributed by atoms with Crippen molar-refractivity contribution in [2.45, 2.75) is 19.8 Å². The van der Waals surface area contributed by atoms with Crippen molar-refractivity contribution >= 4 is 33.0 Å². The van der Waals surface area contributed by atoms with Crippen LogP contribution in [0.1, 0.15) is 10.4 Å². The third kappa shape index (κ3) is 4.14. The van der Waals surface area contributed by atoms with E-state index < -0.39 is 6.36 Å². The summed E-state index contributed by atoms with van der Waals surface area (Å²) >= 11 is 4.71. The van der Waals surface area contributed by atoms with Gasteiger partial charge in [-0.05, 0) is 58.1 Å². The molecule has 20 heavy (non-hydrogen) atoms. The Hall–Kier alpha value is -1.21. The van der Waals surface area contributed by atoms with Gasteiger partial charge in [-0.2, -0.15) is 0 Å². The van der Waals surface area contributed by atoms with Gasteiger partial charge in [-0.25, -0.2) is 0 Å². The van der Waals surface area contributed by atoms with Gasteiger partial charge in [-0.15, -0.1) is 24.5 Å². The summed E-state index contributed by atoms with van der Waals surface area (Å²) in [5.41, 5.74) is 1.91.